The lowest BCUT2D eigenvalue weighted by Gasteiger charge is -2.35. The summed E-state index contributed by atoms with van der Waals surface area (Å²) in [7, 11) is 1.77. The molecule has 3 rings (SSSR count). The quantitative estimate of drug-likeness (QED) is 0.626. The number of carbonyl (C=O) groups excluding carboxylic acids is 2. The van der Waals surface area contributed by atoms with Gasteiger partial charge in [0.25, 0.3) is 0 Å². The van der Waals surface area contributed by atoms with Crippen LogP contribution in [-0.2, 0) is 9.53 Å². The minimum Gasteiger partial charge on any atom is -0.444 e. The largest absolute Gasteiger partial charge is 0.444 e. The van der Waals surface area contributed by atoms with E-state index in [9.17, 15) is 9.59 Å². The highest BCUT2D eigenvalue weighted by atomic mass is 32.2. The van der Waals surface area contributed by atoms with E-state index < -0.39 is 5.60 Å². The van der Waals surface area contributed by atoms with E-state index in [1.54, 1.807) is 23.7 Å². The number of amides is 2. The van der Waals surface area contributed by atoms with Crippen LogP contribution >= 0.6 is 11.8 Å². The summed E-state index contributed by atoms with van der Waals surface area (Å²) < 4.78 is 5.44. The molecule has 5 nitrogen and oxygen atoms in total. The number of benzene rings is 2. The van der Waals surface area contributed by atoms with Gasteiger partial charge >= 0.3 is 6.09 Å². The van der Waals surface area contributed by atoms with Gasteiger partial charge in [0.1, 0.15) is 5.60 Å². The molecule has 162 valence electrons. The number of rotatable bonds is 5. The first-order chi connectivity index (χ1) is 14.2. The van der Waals surface area contributed by atoms with Crippen LogP contribution in [0, 0.1) is 5.92 Å². The molecule has 1 aliphatic heterocycles. The van der Waals surface area contributed by atoms with Gasteiger partial charge in [-0.05, 0) is 62.4 Å². The molecule has 0 spiro atoms. The zero-order valence-corrected chi connectivity index (χ0v) is 19.2. The van der Waals surface area contributed by atoms with Crippen molar-refractivity contribution in [3.05, 3.63) is 42.5 Å². The average molecular weight is 429 g/mol. The smallest absolute Gasteiger partial charge is 0.410 e. The zero-order valence-electron chi connectivity index (χ0n) is 18.4. The fourth-order valence-electron chi connectivity index (χ4n) is 3.74. The van der Waals surface area contributed by atoms with Crippen LogP contribution in [-0.4, -0.2) is 59.8 Å². The van der Waals surface area contributed by atoms with Crippen molar-refractivity contribution in [2.45, 2.75) is 44.1 Å². The monoisotopic (exact) mass is 428 g/mol. The third-order valence-electron chi connectivity index (χ3n) is 5.19. The molecule has 1 atom stereocenters. The van der Waals surface area contributed by atoms with E-state index in [0.29, 0.717) is 18.8 Å². The molecule has 2 aromatic carbocycles. The fourth-order valence-corrected chi connectivity index (χ4v) is 4.58. The lowest BCUT2D eigenvalue weighted by Crippen LogP contribution is -2.45. The number of nitrogens with zero attached hydrogens (tertiary/aromatic N) is 2. The lowest BCUT2D eigenvalue weighted by molar-refractivity contribution is -0.130. The molecular formula is C24H32N2O3S. The molecule has 1 aliphatic rings. The Hall–Kier alpha value is -2.21. The molecule has 1 fully saturated rings. The van der Waals surface area contributed by atoms with Gasteiger partial charge in [0.15, 0.2) is 0 Å². The van der Waals surface area contributed by atoms with Crippen LogP contribution in [0.4, 0.5) is 4.79 Å². The van der Waals surface area contributed by atoms with Gasteiger partial charge in [0.2, 0.25) is 5.91 Å². The second-order valence-electron chi connectivity index (χ2n) is 9.01. The maximum atomic E-state index is 12.8. The van der Waals surface area contributed by atoms with E-state index in [4.69, 9.17) is 4.74 Å². The van der Waals surface area contributed by atoms with Crippen molar-refractivity contribution >= 4 is 34.5 Å². The maximum Gasteiger partial charge on any atom is 0.410 e. The summed E-state index contributed by atoms with van der Waals surface area (Å²) in [5.41, 5.74) is -0.500. The summed E-state index contributed by atoms with van der Waals surface area (Å²) in [4.78, 5) is 29.7. The van der Waals surface area contributed by atoms with Crippen LogP contribution in [0.2, 0.25) is 0 Å². The predicted molar refractivity (Wildman–Crippen MR) is 123 cm³/mol. The van der Waals surface area contributed by atoms with Crippen LogP contribution in [0.25, 0.3) is 10.8 Å². The number of hydrogen-bond donors (Lipinski definition) is 0. The van der Waals surface area contributed by atoms with Crippen molar-refractivity contribution in [3.8, 4) is 0 Å². The molecule has 6 heteroatoms. The molecule has 30 heavy (non-hydrogen) atoms. The maximum absolute atomic E-state index is 12.8. The van der Waals surface area contributed by atoms with Gasteiger partial charge in [-0.25, -0.2) is 4.79 Å². The number of carbonyl (C=O) groups is 2. The fraction of sp³-hybridized carbons (Fsp3) is 0.500. The van der Waals surface area contributed by atoms with Crippen LogP contribution in [0.5, 0.6) is 0 Å². The summed E-state index contributed by atoms with van der Waals surface area (Å²) >= 11 is 1.59. The molecule has 2 aromatic rings. The number of ether oxygens (including phenoxy) is 1. The van der Waals surface area contributed by atoms with E-state index in [0.717, 1.165) is 24.3 Å². The van der Waals surface area contributed by atoms with E-state index in [-0.39, 0.29) is 17.9 Å². The molecule has 0 N–H and O–H groups in total. The van der Waals surface area contributed by atoms with Crippen molar-refractivity contribution in [2.24, 2.45) is 5.92 Å². The minimum atomic E-state index is -0.500. The van der Waals surface area contributed by atoms with Crippen LogP contribution in [0.3, 0.4) is 0 Å². The van der Waals surface area contributed by atoms with Crippen LogP contribution in [0.1, 0.15) is 33.6 Å². The summed E-state index contributed by atoms with van der Waals surface area (Å²) in [6.07, 6.45) is 1.69. The van der Waals surface area contributed by atoms with Crippen LogP contribution < -0.4 is 0 Å². The average Bonchev–Trinajstić information content (AvgIpc) is 2.70. The van der Waals surface area contributed by atoms with Gasteiger partial charge in [0, 0.05) is 31.6 Å². The molecule has 0 saturated carbocycles. The van der Waals surface area contributed by atoms with Crippen molar-refractivity contribution in [3.63, 3.8) is 0 Å². The first-order valence-corrected chi connectivity index (χ1v) is 11.5. The van der Waals surface area contributed by atoms with Crippen molar-refractivity contribution in [2.75, 3.05) is 32.4 Å². The highest BCUT2D eigenvalue weighted by molar-refractivity contribution is 8.00. The first-order valence-electron chi connectivity index (χ1n) is 10.5. The molecule has 1 heterocycles. The number of piperidine rings is 1. The first kappa shape index (κ1) is 22.5. The Morgan fingerprint density at radius 1 is 1.17 bits per heavy atom. The molecule has 0 aromatic heterocycles. The molecule has 2 amide bonds. The van der Waals surface area contributed by atoms with E-state index in [2.05, 4.69) is 30.3 Å². The van der Waals surface area contributed by atoms with E-state index >= 15 is 0 Å². The minimum absolute atomic E-state index is 0.165. The van der Waals surface area contributed by atoms with Gasteiger partial charge in [-0.3, -0.25) is 4.79 Å². The Bertz CT molecular complexity index is 893. The third kappa shape index (κ3) is 6.39. The normalized spacial score (nSPS) is 17.1. The Morgan fingerprint density at radius 2 is 1.90 bits per heavy atom. The summed E-state index contributed by atoms with van der Waals surface area (Å²) in [6.45, 7) is 7.71. The molecule has 0 aliphatic carbocycles. The topological polar surface area (TPSA) is 49.9 Å². The van der Waals surface area contributed by atoms with Crippen molar-refractivity contribution < 1.29 is 14.3 Å². The van der Waals surface area contributed by atoms with E-state index in [1.807, 2.05) is 37.8 Å². The lowest BCUT2D eigenvalue weighted by atomic mass is 9.97. The Labute approximate surface area is 183 Å². The Balaban J connectivity index is 1.50. The molecular weight excluding hydrogens is 396 g/mol. The summed E-state index contributed by atoms with van der Waals surface area (Å²) in [5.74, 6) is 0.885. The highest BCUT2D eigenvalue weighted by Gasteiger charge is 2.27. The van der Waals surface area contributed by atoms with Gasteiger partial charge in [-0.2, -0.15) is 0 Å². The number of thioether (sulfide) groups is 1. The second kappa shape index (κ2) is 9.73. The summed E-state index contributed by atoms with van der Waals surface area (Å²) in [6, 6.07) is 14.6. The number of likely N-dealkylation sites (tertiary alicyclic amines) is 1. The third-order valence-corrected chi connectivity index (χ3v) is 6.17. The number of fused-ring (bicyclic) bond motifs is 1. The molecule has 1 saturated heterocycles. The second-order valence-corrected chi connectivity index (χ2v) is 10.1. The SMILES string of the molecule is CN(CC1CCCN(C(=O)CSc2ccc3ccccc3c2)C1)C(=O)OC(C)(C)C. The Morgan fingerprint density at radius 3 is 2.63 bits per heavy atom. The van der Waals surface area contributed by atoms with Crippen molar-refractivity contribution in [1.29, 1.82) is 0 Å². The molecule has 1 unspecified atom stereocenters. The predicted octanol–water partition coefficient (Wildman–Crippen LogP) is 5.04. The van der Waals surface area contributed by atoms with Crippen LogP contribution in [0.15, 0.2) is 47.4 Å². The van der Waals surface area contributed by atoms with E-state index in [1.165, 1.54) is 10.8 Å². The van der Waals surface area contributed by atoms with Crippen molar-refractivity contribution in [1.82, 2.24) is 9.80 Å². The van der Waals surface area contributed by atoms with Gasteiger partial charge in [-0.15, -0.1) is 11.8 Å². The zero-order chi connectivity index (χ0) is 21.7. The highest BCUT2D eigenvalue weighted by Crippen LogP contribution is 2.25. The molecule has 0 bridgehead atoms. The molecule has 0 radical (unpaired) electrons. The Kier molecular flexibility index (Phi) is 7.29. The summed E-state index contributed by atoms with van der Waals surface area (Å²) in [5, 5.41) is 2.40. The standard InChI is InChI=1S/C24H32N2O3S/c1-24(2,3)29-23(28)25(4)15-18-8-7-13-26(16-18)22(27)17-30-21-12-11-19-9-5-6-10-20(19)14-21/h5-6,9-12,14,18H,7-8,13,15-17H2,1-4H3. The number of hydrogen-bond acceptors (Lipinski definition) is 4. The van der Waals surface area contributed by atoms with Gasteiger partial charge < -0.3 is 14.5 Å². The van der Waals surface area contributed by atoms with Gasteiger partial charge in [-0.1, -0.05) is 30.3 Å². The van der Waals surface area contributed by atoms with Gasteiger partial charge in [0.05, 0.1) is 5.75 Å².